The van der Waals surface area contributed by atoms with Crippen LogP contribution in [0.15, 0.2) is 41.3 Å². The monoisotopic (exact) mass is 208 g/mol. The molecule has 0 aliphatic heterocycles. The number of hydrogen-bond acceptors (Lipinski definition) is 1. The Bertz CT molecular complexity index is 259. The average Bonchev–Trinajstić information content (AvgIpc) is 2.20. The van der Waals surface area contributed by atoms with Crippen molar-refractivity contribution in [3.05, 3.63) is 42.0 Å². The molecule has 78 valence electrons. The summed E-state index contributed by atoms with van der Waals surface area (Å²) in [5.41, 5.74) is 2.54. The zero-order valence-electron chi connectivity index (χ0n) is 9.63. The predicted molar refractivity (Wildman–Crippen MR) is 68.1 cm³/mol. The summed E-state index contributed by atoms with van der Waals surface area (Å²) in [5, 5.41) is 0. The molecule has 0 unspecified atom stereocenters. The largest absolute Gasteiger partial charge is 0.122 e. The highest BCUT2D eigenvalue weighted by atomic mass is 32.2. The molecule has 1 aromatic rings. The van der Waals surface area contributed by atoms with Gasteiger partial charge in [0.05, 0.1) is 0 Å². The van der Waals surface area contributed by atoms with E-state index in [0.717, 1.165) is 5.75 Å². The van der Waals surface area contributed by atoms with Gasteiger partial charge in [0.2, 0.25) is 0 Å². The molecule has 0 N–H and O–H groups in total. The Balaban J connectivity index is 0.000000791. The van der Waals surface area contributed by atoms with E-state index in [9.17, 15) is 0 Å². The summed E-state index contributed by atoms with van der Waals surface area (Å²) in [6, 6.07) is 8.59. The van der Waals surface area contributed by atoms with E-state index in [2.05, 4.69) is 44.7 Å². The molecule has 0 radical (unpaired) electrons. The maximum atomic E-state index is 3.87. The van der Waals surface area contributed by atoms with Crippen molar-refractivity contribution < 1.29 is 0 Å². The van der Waals surface area contributed by atoms with Crippen molar-refractivity contribution in [3.8, 4) is 0 Å². The Morgan fingerprint density at radius 3 is 2.14 bits per heavy atom. The van der Waals surface area contributed by atoms with Crippen LogP contribution in [0.5, 0.6) is 0 Å². The van der Waals surface area contributed by atoms with Gasteiger partial charge in [-0.05, 0) is 26.0 Å². The lowest BCUT2D eigenvalue weighted by atomic mass is 10.2. The molecule has 1 heteroatoms. The second kappa shape index (κ2) is 7.69. The van der Waals surface area contributed by atoms with Gasteiger partial charge in [-0.2, -0.15) is 0 Å². The highest BCUT2D eigenvalue weighted by Crippen LogP contribution is 2.19. The molecule has 1 aromatic carbocycles. The third-order valence-electron chi connectivity index (χ3n) is 1.51. The molecule has 0 heterocycles. The highest BCUT2D eigenvalue weighted by Gasteiger charge is 1.92. The van der Waals surface area contributed by atoms with Crippen LogP contribution in [0.3, 0.4) is 0 Å². The van der Waals surface area contributed by atoms with E-state index in [-0.39, 0.29) is 0 Å². The molecule has 0 aliphatic carbocycles. The van der Waals surface area contributed by atoms with Crippen LogP contribution in [0, 0.1) is 6.92 Å². The van der Waals surface area contributed by atoms with E-state index in [1.807, 2.05) is 25.6 Å². The molecule has 0 aromatic heterocycles. The maximum absolute atomic E-state index is 3.87. The summed E-state index contributed by atoms with van der Waals surface area (Å²) in [7, 11) is 0. The van der Waals surface area contributed by atoms with Gasteiger partial charge in [0.25, 0.3) is 0 Å². The van der Waals surface area contributed by atoms with Gasteiger partial charge < -0.3 is 0 Å². The first-order valence-electron chi connectivity index (χ1n) is 5.02. The van der Waals surface area contributed by atoms with E-state index in [1.54, 1.807) is 0 Å². The summed E-state index contributed by atoms with van der Waals surface area (Å²) >= 11 is 1.84. The highest BCUT2D eigenvalue weighted by molar-refractivity contribution is 7.99. The molecule has 0 bridgehead atoms. The lowest BCUT2D eigenvalue weighted by Gasteiger charge is -2.00. The van der Waals surface area contributed by atoms with E-state index < -0.39 is 0 Å². The summed E-state index contributed by atoms with van der Waals surface area (Å²) in [4.78, 5) is 1.32. The smallest absolute Gasteiger partial charge is 0.0185 e. The molecule has 0 spiro atoms. The SMILES string of the molecule is C=C(C)CSc1ccc(C)cc1.CC. The Labute approximate surface area is 92.4 Å². The van der Waals surface area contributed by atoms with E-state index in [0.29, 0.717) is 0 Å². The van der Waals surface area contributed by atoms with Crippen LogP contribution in [0.25, 0.3) is 0 Å². The first-order valence-corrected chi connectivity index (χ1v) is 6.01. The lowest BCUT2D eigenvalue weighted by molar-refractivity contribution is 1.36. The van der Waals surface area contributed by atoms with Crippen LogP contribution in [-0.2, 0) is 0 Å². The molecule has 0 saturated carbocycles. The fourth-order valence-corrected chi connectivity index (χ4v) is 1.58. The topological polar surface area (TPSA) is 0 Å². The number of aryl methyl sites for hydroxylation is 1. The van der Waals surface area contributed by atoms with Gasteiger partial charge in [-0.1, -0.05) is 43.7 Å². The summed E-state index contributed by atoms with van der Waals surface area (Å²) in [6.07, 6.45) is 0. The van der Waals surface area contributed by atoms with Crippen molar-refractivity contribution in [1.29, 1.82) is 0 Å². The maximum Gasteiger partial charge on any atom is 0.0185 e. The Kier molecular flexibility index (Phi) is 7.31. The molecule has 0 fully saturated rings. The van der Waals surface area contributed by atoms with Gasteiger partial charge in [-0.15, -0.1) is 11.8 Å². The van der Waals surface area contributed by atoms with E-state index in [1.165, 1.54) is 16.0 Å². The van der Waals surface area contributed by atoms with Crippen LogP contribution < -0.4 is 0 Å². The van der Waals surface area contributed by atoms with Crippen LogP contribution in [0.4, 0.5) is 0 Å². The molecular weight excluding hydrogens is 188 g/mol. The first-order chi connectivity index (χ1) is 6.68. The normalized spacial score (nSPS) is 8.86. The fourth-order valence-electron chi connectivity index (χ4n) is 0.841. The molecule has 0 nitrogen and oxygen atoms in total. The van der Waals surface area contributed by atoms with Gasteiger partial charge in [0.15, 0.2) is 0 Å². The van der Waals surface area contributed by atoms with Crippen molar-refractivity contribution in [1.82, 2.24) is 0 Å². The Hall–Kier alpha value is -0.690. The first kappa shape index (κ1) is 13.3. The molecular formula is C13H20S. The van der Waals surface area contributed by atoms with Gasteiger partial charge in [0, 0.05) is 10.6 Å². The van der Waals surface area contributed by atoms with E-state index >= 15 is 0 Å². The molecule has 1 rings (SSSR count). The number of rotatable bonds is 3. The minimum atomic E-state index is 1.02. The number of hydrogen-bond donors (Lipinski definition) is 0. The quantitative estimate of drug-likeness (QED) is 0.513. The van der Waals surface area contributed by atoms with Crippen molar-refractivity contribution in [3.63, 3.8) is 0 Å². The molecule has 0 aliphatic rings. The Morgan fingerprint density at radius 2 is 1.71 bits per heavy atom. The summed E-state index contributed by atoms with van der Waals surface area (Å²) < 4.78 is 0. The molecule has 14 heavy (non-hydrogen) atoms. The minimum Gasteiger partial charge on any atom is -0.122 e. The second-order valence-corrected chi connectivity index (χ2v) is 4.11. The van der Waals surface area contributed by atoms with Gasteiger partial charge in [-0.3, -0.25) is 0 Å². The van der Waals surface area contributed by atoms with Gasteiger partial charge in [-0.25, -0.2) is 0 Å². The summed E-state index contributed by atoms with van der Waals surface area (Å²) in [6.45, 7) is 12.0. The number of benzene rings is 1. The van der Waals surface area contributed by atoms with Crippen molar-refractivity contribution in [2.24, 2.45) is 0 Å². The molecule has 0 amide bonds. The van der Waals surface area contributed by atoms with Crippen LogP contribution >= 0.6 is 11.8 Å². The van der Waals surface area contributed by atoms with Gasteiger partial charge >= 0.3 is 0 Å². The lowest BCUT2D eigenvalue weighted by Crippen LogP contribution is -1.79. The third-order valence-corrected chi connectivity index (χ3v) is 2.75. The number of thioether (sulfide) groups is 1. The van der Waals surface area contributed by atoms with Crippen LogP contribution in [-0.4, -0.2) is 5.75 Å². The third kappa shape index (κ3) is 5.87. The zero-order chi connectivity index (χ0) is 11.0. The Morgan fingerprint density at radius 1 is 1.21 bits per heavy atom. The fraction of sp³-hybridized carbons (Fsp3) is 0.385. The molecule has 0 saturated heterocycles. The van der Waals surface area contributed by atoms with Crippen molar-refractivity contribution in [2.75, 3.05) is 5.75 Å². The zero-order valence-corrected chi connectivity index (χ0v) is 10.4. The van der Waals surface area contributed by atoms with Crippen LogP contribution in [0.2, 0.25) is 0 Å². The summed E-state index contributed by atoms with van der Waals surface area (Å²) in [5.74, 6) is 1.02. The predicted octanol–water partition coefficient (Wildman–Crippen LogP) is 4.69. The van der Waals surface area contributed by atoms with Crippen LogP contribution in [0.1, 0.15) is 26.3 Å². The average molecular weight is 208 g/mol. The van der Waals surface area contributed by atoms with Gasteiger partial charge in [0.1, 0.15) is 0 Å². The van der Waals surface area contributed by atoms with Crippen molar-refractivity contribution in [2.45, 2.75) is 32.6 Å². The standard InChI is InChI=1S/C11H14S.C2H6/c1-9(2)8-12-11-6-4-10(3)5-7-11;1-2/h4-7H,1,8H2,2-3H3;1-2H3. The van der Waals surface area contributed by atoms with Crippen molar-refractivity contribution >= 4 is 11.8 Å². The molecule has 0 atom stereocenters. The minimum absolute atomic E-state index is 1.02. The van der Waals surface area contributed by atoms with E-state index in [4.69, 9.17) is 0 Å². The second-order valence-electron chi connectivity index (χ2n) is 3.06.